The molecule has 3 rings (SSSR count). The van der Waals surface area contributed by atoms with Gasteiger partial charge in [0.1, 0.15) is 24.5 Å². The fourth-order valence-electron chi connectivity index (χ4n) is 5.25. The van der Waals surface area contributed by atoms with Crippen LogP contribution < -0.4 is 15.8 Å². The zero-order valence-corrected chi connectivity index (χ0v) is 27.5. The minimum Gasteiger partial charge on any atom is -0.476 e. The third-order valence-corrected chi connectivity index (χ3v) is 9.65. The van der Waals surface area contributed by atoms with E-state index < -0.39 is 29.0 Å². The summed E-state index contributed by atoms with van der Waals surface area (Å²) in [4.78, 5) is 24.8. The van der Waals surface area contributed by atoms with E-state index in [0.717, 1.165) is 6.42 Å². The molecule has 2 aliphatic rings. The number of hydrogen-bond donors (Lipinski definition) is 2. The van der Waals surface area contributed by atoms with Crippen LogP contribution in [0.2, 0.25) is 0 Å². The van der Waals surface area contributed by atoms with Gasteiger partial charge in [0.15, 0.2) is 5.78 Å². The molecule has 1 aromatic rings. The molecule has 1 aliphatic heterocycles. The van der Waals surface area contributed by atoms with Crippen molar-refractivity contribution in [3.63, 3.8) is 0 Å². The molecular weight excluding hydrogens is 595 g/mol. The van der Waals surface area contributed by atoms with E-state index in [4.69, 9.17) is 15.5 Å². The summed E-state index contributed by atoms with van der Waals surface area (Å²) in [5.41, 5.74) is 4.56. The molecule has 1 saturated carbocycles. The van der Waals surface area contributed by atoms with Crippen LogP contribution in [0.1, 0.15) is 60.8 Å². The fraction of sp³-hybridized carbons (Fsp3) is 0.667. The number of ether oxygens (including phenoxy) is 1. The van der Waals surface area contributed by atoms with Crippen LogP contribution in [-0.4, -0.2) is 81.1 Å². The summed E-state index contributed by atoms with van der Waals surface area (Å²) in [6.07, 6.45) is 1.47. The summed E-state index contributed by atoms with van der Waals surface area (Å²) in [6, 6.07) is 1.51. The van der Waals surface area contributed by atoms with Gasteiger partial charge in [-0.1, -0.05) is 19.9 Å². The van der Waals surface area contributed by atoms with Crippen molar-refractivity contribution >= 4 is 28.6 Å². The van der Waals surface area contributed by atoms with Gasteiger partial charge in [-0.3, -0.25) is 19.3 Å². The Kier molecular flexibility index (Phi) is 11.6. The predicted molar refractivity (Wildman–Crippen MR) is 168 cm³/mol. The van der Waals surface area contributed by atoms with Crippen molar-refractivity contribution in [1.82, 2.24) is 20.0 Å². The van der Waals surface area contributed by atoms with E-state index in [0.29, 0.717) is 40.4 Å². The molecule has 0 radical (unpaired) electrons. The molecule has 2 heterocycles. The van der Waals surface area contributed by atoms with Crippen LogP contribution in [0.5, 0.6) is 5.88 Å². The average molecular weight is 642 g/mol. The van der Waals surface area contributed by atoms with Gasteiger partial charge in [-0.05, 0) is 58.8 Å². The minimum atomic E-state index is -4.31. The molecule has 246 valence electrons. The number of ketones is 1. The normalized spacial score (nSPS) is 21.6. The molecule has 2 fully saturated rings. The second kappa shape index (κ2) is 14.4. The van der Waals surface area contributed by atoms with E-state index in [2.05, 4.69) is 48.0 Å². The standard InChI is InChI=1S/C30H46F3N7O3S/c1-8-23(24(41)14-36-19-44(42)25(15-35-7)21(4)34)27(40-16-22(20(2)3)13-28(40,5)6)37-18-39-12-9-26(38-39)43-17-29(10-11-29)30(31,32)33/h8-9,12,15,20,22,36H,10-11,13-14,16-19,34H2,1-7H3/b23-8-,25-21?,35-15?,37-27?. The Morgan fingerprint density at radius 2 is 2.02 bits per heavy atom. The Labute approximate surface area is 260 Å². The molecule has 10 nitrogen and oxygen atoms in total. The first-order valence-electron chi connectivity index (χ1n) is 14.8. The Hall–Kier alpha value is -3.00. The number of carbonyl (C=O) groups excluding carboxylic acids is 1. The number of amidine groups is 1. The Morgan fingerprint density at radius 3 is 2.55 bits per heavy atom. The number of nitrogens with one attached hydrogen (secondary N) is 1. The average Bonchev–Trinajstić information content (AvgIpc) is 3.50. The lowest BCUT2D eigenvalue weighted by atomic mass is 9.89. The van der Waals surface area contributed by atoms with Gasteiger partial charge in [0.05, 0.1) is 33.7 Å². The topological polar surface area (TPSA) is 127 Å². The molecule has 44 heavy (non-hydrogen) atoms. The summed E-state index contributed by atoms with van der Waals surface area (Å²) >= 11 is 0. The first-order chi connectivity index (χ1) is 20.5. The number of allylic oxidation sites excluding steroid dienone is 3. The highest BCUT2D eigenvalue weighted by atomic mass is 32.2. The summed E-state index contributed by atoms with van der Waals surface area (Å²) in [5.74, 6) is 1.21. The highest BCUT2D eigenvalue weighted by Gasteiger charge is 2.64. The molecule has 2 unspecified atom stereocenters. The number of halogens is 3. The van der Waals surface area contributed by atoms with Gasteiger partial charge >= 0.3 is 6.18 Å². The lowest BCUT2D eigenvalue weighted by Crippen LogP contribution is -2.45. The van der Waals surface area contributed by atoms with E-state index >= 15 is 0 Å². The van der Waals surface area contributed by atoms with Crippen molar-refractivity contribution in [2.24, 2.45) is 33.0 Å². The fourth-order valence-corrected chi connectivity index (χ4v) is 6.27. The molecular formula is C30H46F3N7O3S. The van der Waals surface area contributed by atoms with Gasteiger partial charge in [-0.15, -0.1) is 5.10 Å². The number of nitrogens with two attached hydrogens (primary N) is 1. The van der Waals surface area contributed by atoms with Crippen LogP contribution in [0, 0.1) is 17.3 Å². The van der Waals surface area contributed by atoms with Crippen molar-refractivity contribution in [1.29, 1.82) is 0 Å². The quantitative estimate of drug-likeness (QED) is 0.175. The molecule has 14 heteroatoms. The van der Waals surface area contributed by atoms with Gasteiger partial charge in [0.2, 0.25) is 5.88 Å². The number of nitrogens with zero attached hydrogens (tertiary/aromatic N) is 5. The number of carbonyl (C=O) groups is 1. The van der Waals surface area contributed by atoms with Crippen LogP contribution in [0.15, 0.2) is 44.5 Å². The number of likely N-dealkylation sites (tertiary alicyclic amines) is 1. The lowest BCUT2D eigenvalue weighted by molar-refractivity contribution is -0.194. The van der Waals surface area contributed by atoms with Gasteiger partial charge < -0.3 is 15.4 Å². The zero-order chi connectivity index (χ0) is 32.9. The number of aliphatic imine (C=N–C) groups is 2. The van der Waals surface area contributed by atoms with E-state index in [1.165, 1.54) is 17.0 Å². The van der Waals surface area contributed by atoms with Crippen LogP contribution in [0.3, 0.4) is 0 Å². The highest BCUT2D eigenvalue weighted by Crippen LogP contribution is 2.57. The van der Waals surface area contributed by atoms with Crippen molar-refractivity contribution in [2.45, 2.75) is 79.2 Å². The van der Waals surface area contributed by atoms with Gasteiger partial charge in [-0.25, -0.2) is 9.67 Å². The monoisotopic (exact) mass is 641 g/mol. The first kappa shape index (κ1) is 35.5. The molecule has 3 N–H and O–H groups in total. The van der Waals surface area contributed by atoms with Crippen LogP contribution >= 0.6 is 0 Å². The van der Waals surface area contributed by atoms with E-state index in [-0.39, 0.29) is 49.1 Å². The first-order valence-corrected chi connectivity index (χ1v) is 16.1. The zero-order valence-electron chi connectivity index (χ0n) is 26.7. The summed E-state index contributed by atoms with van der Waals surface area (Å²) < 4.78 is 59.5. The van der Waals surface area contributed by atoms with Crippen molar-refractivity contribution < 1.29 is 26.9 Å². The van der Waals surface area contributed by atoms with Gasteiger partial charge in [0.25, 0.3) is 0 Å². The molecule has 2 atom stereocenters. The number of aromatic nitrogens is 2. The molecule has 1 aromatic heterocycles. The van der Waals surface area contributed by atoms with Crippen molar-refractivity contribution in [2.75, 3.05) is 32.6 Å². The smallest absolute Gasteiger partial charge is 0.397 e. The lowest BCUT2D eigenvalue weighted by Gasteiger charge is -2.35. The SMILES string of the molecule is C/C=C(/C(=O)CNCS(=O)C(C=NC)=C(C)N)C(=NCn1ccc(OCC2(C(F)(F)F)CC2)n1)N1CC(C(C)C)CC1(C)C. The number of rotatable bonds is 14. The Balaban J connectivity index is 1.79. The Bertz CT molecular complexity index is 1320. The predicted octanol–water partition coefficient (Wildman–Crippen LogP) is 4.42. The molecule has 0 aromatic carbocycles. The van der Waals surface area contributed by atoms with Crippen LogP contribution in [0.25, 0.3) is 0 Å². The molecule has 1 aliphatic carbocycles. The van der Waals surface area contributed by atoms with E-state index in [1.54, 1.807) is 33.2 Å². The number of hydrogen-bond acceptors (Lipinski definition) is 8. The summed E-state index contributed by atoms with van der Waals surface area (Å²) in [7, 11) is 0.0703. The maximum absolute atomic E-state index is 13.6. The van der Waals surface area contributed by atoms with Crippen molar-refractivity contribution in [3.05, 3.63) is 34.5 Å². The number of Topliss-reactive ketones (excluding diaryl/α,β-unsaturated/α-hetero) is 1. The van der Waals surface area contributed by atoms with Crippen LogP contribution in [0.4, 0.5) is 13.2 Å². The number of alkyl halides is 3. The van der Waals surface area contributed by atoms with Gasteiger partial charge in [0, 0.05) is 43.3 Å². The maximum Gasteiger partial charge on any atom is 0.397 e. The highest BCUT2D eigenvalue weighted by molar-refractivity contribution is 7.89. The third-order valence-electron chi connectivity index (χ3n) is 8.27. The summed E-state index contributed by atoms with van der Waals surface area (Å²) in [5, 5.41) is 7.25. The largest absolute Gasteiger partial charge is 0.476 e. The second-order valence-corrected chi connectivity index (χ2v) is 13.9. The Morgan fingerprint density at radius 1 is 1.34 bits per heavy atom. The van der Waals surface area contributed by atoms with Crippen LogP contribution in [-0.2, 0) is 22.3 Å². The maximum atomic E-state index is 13.6. The molecule has 0 bridgehead atoms. The molecule has 0 spiro atoms. The second-order valence-electron chi connectivity index (χ2n) is 12.5. The summed E-state index contributed by atoms with van der Waals surface area (Å²) in [6.45, 7) is 12.2. The van der Waals surface area contributed by atoms with E-state index in [9.17, 15) is 22.2 Å². The minimum absolute atomic E-state index is 0.0153. The third kappa shape index (κ3) is 8.58. The van der Waals surface area contributed by atoms with Crippen molar-refractivity contribution in [3.8, 4) is 5.88 Å². The van der Waals surface area contributed by atoms with E-state index in [1.807, 2.05) is 0 Å². The van der Waals surface area contributed by atoms with Gasteiger partial charge in [-0.2, -0.15) is 13.2 Å². The molecule has 1 saturated heterocycles. The molecule has 0 amide bonds.